The highest BCUT2D eigenvalue weighted by Crippen LogP contribution is 2.35. The van der Waals surface area contributed by atoms with Crippen LogP contribution in [-0.4, -0.2) is 21.2 Å². The summed E-state index contributed by atoms with van der Waals surface area (Å²) in [7, 11) is 0. The van der Waals surface area contributed by atoms with E-state index in [2.05, 4.69) is 4.98 Å². The van der Waals surface area contributed by atoms with Crippen LogP contribution in [0.2, 0.25) is 10.0 Å². The Labute approximate surface area is 153 Å². The minimum atomic E-state index is -0.409. The fraction of sp³-hybridized carbons (Fsp3) is 0.0588. The zero-order chi connectivity index (χ0) is 17.1. The predicted octanol–water partition coefficient (Wildman–Crippen LogP) is 4.42. The number of carbonyl (C=O) groups is 1. The molecule has 0 spiro atoms. The topological polar surface area (TPSA) is 60.9 Å². The number of rotatable bonds is 5. The number of benzene rings is 2. The summed E-state index contributed by atoms with van der Waals surface area (Å²) in [6, 6.07) is 15.2. The Balaban J connectivity index is 2.18. The predicted molar refractivity (Wildman–Crippen MR) is 98.9 cm³/mol. The summed E-state index contributed by atoms with van der Waals surface area (Å²) in [5.41, 5.74) is 7.79. The normalized spacial score (nSPS) is 10.8. The van der Waals surface area contributed by atoms with Gasteiger partial charge in [0.2, 0.25) is 5.91 Å². The number of nitrogens with zero attached hydrogens (tertiary/aromatic N) is 2. The highest BCUT2D eigenvalue weighted by Gasteiger charge is 2.17. The molecule has 4 nitrogen and oxygen atoms in total. The van der Waals surface area contributed by atoms with E-state index in [0.717, 1.165) is 11.3 Å². The summed E-state index contributed by atoms with van der Waals surface area (Å²) in [6.07, 6.45) is 1.75. The average Bonchev–Trinajstić information content (AvgIpc) is 3.00. The van der Waals surface area contributed by atoms with Crippen LogP contribution in [-0.2, 0) is 4.79 Å². The van der Waals surface area contributed by atoms with Crippen LogP contribution in [0.3, 0.4) is 0 Å². The van der Waals surface area contributed by atoms with Crippen molar-refractivity contribution in [1.29, 1.82) is 0 Å². The molecule has 0 saturated heterocycles. The third kappa shape index (κ3) is 3.43. The third-order valence-electron chi connectivity index (χ3n) is 3.31. The fourth-order valence-corrected chi connectivity index (χ4v) is 3.39. The molecular formula is C17H13Cl2N3OS. The molecular weight excluding hydrogens is 365 g/mol. The van der Waals surface area contributed by atoms with Gasteiger partial charge in [-0.2, -0.15) is 0 Å². The summed E-state index contributed by atoms with van der Waals surface area (Å²) < 4.78 is 1.89. The van der Waals surface area contributed by atoms with Crippen molar-refractivity contribution >= 4 is 40.9 Å². The number of hydrogen-bond acceptors (Lipinski definition) is 3. The van der Waals surface area contributed by atoms with E-state index in [9.17, 15) is 4.79 Å². The van der Waals surface area contributed by atoms with Gasteiger partial charge < -0.3 is 5.73 Å². The highest BCUT2D eigenvalue weighted by atomic mass is 35.5. The van der Waals surface area contributed by atoms with Gasteiger partial charge in [-0.25, -0.2) is 4.98 Å². The van der Waals surface area contributed by atoms with Gasteiger partial charge in [-0.1, -0.05) is 71.4 Å². The van der Waals surface area contributed by atoms with Crippen molar-refractivity contribution in [2.24, 2.45) is 5.73 Å². The smallest absolute Gasteiger partial charge is 0.227 e. The Morgan fingerprint density at radius 3 is 2.58 bits per heavy atom. The second-order valence-corrected chi connectivity index (χ2v) is 6.68. The molecule has 0 radical (unpaired) electrons. The van der Waals surface area contributed by atoms with Crippen molar-refractivity contribution in [3.8, 4) is 16.9 Å². The largest absolute Gasteiger partial charge is 0.369 e. The molecule has 122 valence electrons. The Hall–Kier alpha value is -1.95. The number of carbonyl (C=O) groups excluding carboxylic acids is 1. The molecule has 1 aromatic heterocycles. The zero-order valence-corrected chi connectivity index (χ0v) is 14.8. The summed E-state index contributed by atoms with van der Waals surface area (Å²) in [5.74, 6) is -0.281. The molecule has 0 unspecified atom stereocenters. The number of thioether (sulfide) groups is 1. The van der Waals surface area contributed by atoms with Gasteiger partial charge in [0.15, 0.2) is 5.16 Å². The summed E-state index contributed by atoms with van der Waals surface area (Å²) >= 11 is 13.8. The van der Waals surface area contributed by atoms with Gasteiger partial charge in [-0.05, 0) is 12.1 Å². The summed E-state index contributed by atoms with van der Waals surface area (Å²) in [5, 5.41) is 1.50. The van der Waals surface area contributed by atoms with Gasteiger partial charge in [-0.15, -0.1) is 0 Å². The molecule has 1 amide bonds. The van der Waals surface area contributed by atoms with Crippen molar-refractivity contribution in [1.82, 2.24) is 9.55 Å². The van der Waals surface area contributed by atoms with Crippen molar-refractivity contribution < 1.29 is 4.79 Å². The molecule has 7 heteroatoms. The first-order chi connectivity index (χ1) is 11.6. The molecule has 0 aliphatic heterocycles. The number of imidazole rings is 1. The number of aromatic nitrogens is 2. The second kappa shape index (κ2) is 7.30. The maximum Gasteiger partial charge on any atom is 0.227 e. The molecule has 0 atom stereocenters. The molecule has 0 bridgehead atoms. The van der Waals surface area contributed by atoms with E-state index in [4.69, 9.17) is 28.9 Å². The summed E-state index contributed by atoms with van der Waals surface area (Å²) in [4.78, 5) is 15.6. The maximum atomic E-state index is 11.1. The quantitative estimate of drug-likeness (QED) is 0.669. The lowest BCUT2D eigenvalue weighted by atomic mass is 10.1. The Kier molecular flexibility index (Phi) is 5.14. The van der Waals surface area contributed by atoms with Gasteiger partial charge in [0.05, 0.1) is 33.4 Å². The van der Waals surface area contributed by atoms with E-state index in [0.29, 0.717) is 20.9 Å². The molecule has 2 aromatic carbocycles. The first kappa shape index (κ1) is 16.9. The van der Waals surface area contributed by atoms with E-state index in [1.165, 1.54) is 11.8 Å². The lowest BCUT2D eigenvalue weighted by Crippen LogP contribution is -2.13. The molecule has 0 aliphatic rings. The maximum absolute atomic E-state index is 11.1. The van der Waals surface area contributed by atoms with Gasteiger partial charge in [0.1, 0.15) is 0 Å². The van der Waals surface area contributed by atoms with Crippen LogP contribution in [0.4, 0.5) is 0 Å². The number of nitrogens with two attached hydrogens (primary N) is 1. The van der Waals surface area contributed by atoms with Gasteiger partial charge in [-0.3, -0.25) is 9.36 Å². The van der Waals surface area contributed by atoms with E-state index in [1.54, 1.807) is 12.3 Å². The Morgan fingerprint density at radius 2 is 1.88 bits per heavy atom. The van der Waals surface area contributed by atoms with Gasteiger partial charge in [0.25, 0.3) is 0 Å². The monoisotopic (exact) mass is 377 g/mol. The average molecular weight is 378 g/mol. The standard InChI is InChI=1S/C17H13Cl2N3OS/c18-12-7-4-8-13(16(12)19)22-14(11-5-2-1-3-6-11)9-21-17(22)24-10-15(20)23/h1-9H,10H2,(H2,20,23). The third-order valence-corrected chi connectivity index (χ3v) is 5.10. The molecule has 0 fully saturated rings. The minimum absolute atomic E-state index is 0.128. The summed E-state index contributed by atoms with van der Waals surface area (Å²) in [6.45, 7) is 0. The minimum Gasteiger partial charge on any atom is -0.369 e. The van der Waals surface area contributed by atoms with Gasteiger partial charge in [0, 0.05) is 5.56 Å². The molecule has 2 N–H and O–H groups in total. The van der Waals surface area contributed by atoms with E-state index in [-0.39, 0.29) is 5.75 Å². The van der Waals surface area contributed by atoms with Crippen LogP contribution in [0.25, 0.3) is 16.9 Å². The second-order valence-electron chi connectivity index (χ2n) is 4.96. The van der Waals surface area contributed by atoms with Crippen molar-refractivity contribution in [3.63, 3.8) is 0 Å². The molecule has 3 rings (SSSR count). The van der Waals surface area contributed by atoms with Crippen LogP contribution in [0, 0.1) is 0 Å². The lowest BCUT2D eigenvalue weighted by molar-refractivity contribution is -0.115. The number of amides is 1. The van der Waals surface area contributed by atoms with Crippen LogP contribution >= 0.6 is 35.0 Å². The molecule has 24 heavy (non-hydrogen) atoms. The van der Waals surface area contributed by atoms with Gasteiger partial charge >= 0.3 is 0 Å². The highest BCUT2D eigenvalue weighted by molar-refractivity contribution is 7.99. The van der Waals surface area contributed by atoms with Crippen LogP contribution < -0.4 is 5.73 Å². The van der Waals surface area contributed by atoms with E-state index < -0.39 is 5.91 Å². The molecule has 0 aliphatic carbocycles. The zero-order valence-electron chi connectivity index (χ0n) is 12.4. The van der Waals surface area contributed by atoms with Crippen LogP contribution in [0.1, 0.15) is 0 Å². The van der Waals surface area contributed by atoms with Crippen molar-refractivity contribution in [2.75, 3.05) is 5.75 Å². The Morgan fingerprint density at radius 1 is 1.12 bits per heavy atom. The van der Waals surface area contributed by atoms with E-state index in [1.807, 2.05) is 47.0 Å². The van der Waals surface area contributed by atoms with Crippen LogP contribution in [0.15, 0.2) is 59.9 Å². The Bertz CT molecular complexity index is 881. The molecule has 3 aromatic rings. The molecule has 0 saturated carbocycles. The fourth-order valence-electron chi connectivity index (χ4n) is 2.28. The van der Waals surface area contributed by atoms with Crippen molar-refractivity contribution in [2.45, 2.75) is 5.16 Å². The first-order valence-corrected chi connectivity index (χ1v) is 8.80. The number of hydrogen-bond donors (Lipinski definition) is 1. The first-order valence-electron chi connectivity index (χ1n) is 7.06. The number of halogens is 2. The van der Waals surface area contributed by atoms with Crippen LogP contribution in [0.5, 0.6) is 0 Å². The SMILES string of the molecule is NC(=O)CSc1ncc(-c2ccccc2)n1-c1cccc(Cl)c1Cl. The van der Waals surface area contributed by atoms with E-state index >= 15 is 0 Å². The number of primary amides is 1. The molecule has 1 heterocycles. The lowest BCUT2D eigenvalue weighted by Gasteiger charge is -2.14. The van der Waals surface area contributed by atoms with Crippen molar-refractivity contribution in [3.05, 3.63) is 64.8 Å².